The maximum Gasteiger partial charge on any atom is 0.0541 e. The van der Waals surface area contributed by atoms with Crippen molar-refractivity contribution in [3.05, 3.63) is 206 Å². The number of hydrogen-bond acceptors (Lipinski definition) is 1. The van der Waals surface area contributed by atoms with Gasteiger partial charge in [-0.15, -0.1) is 0 Å². The van der Waals surface area contributed by atoms with Crippen molar-refractivity contribution in [1.29, 1.82) is 0 Å². The van der Waals surface area contributed by atoms with Gasteiger partial charge in [0.15, 0.2) is 0 Å². The highest BCUT2D eigenvalue weighted by molar-refractivity contribution is 6.21. The van der Waals surface area contributed by atoms with Crippen LogP contribution in [0.25, 0.3) is 71.3 Å². The number of rotatable bonds is 7. The lowest BCUT2D eigenvalue weighted by molar-refractivity contribution is 1.15. The summed E-state index contributed by atoms with van der Waals surface area (Å²) < 4.78 is 2.37. The van der Waals surface area contributed by atoms with Crippen LogP contribution in [-0.2, 0) is 6.42 Å². The minimum absolute atomic E-state index is 0.990. The number of nitrogens with zero attached hydrogens (tertiary/aromatic N) is 2. The van der Waals surface area contributed by atoms with Gasteiger partial charge in [0.1, 0.15) is 0 Å². The summed E-state index contributed by atoms with van der Waals surface area (Å²) >= 11 is 0. The molecule has 0 N–H and O–H groups in total. The molecule has 0 amide bonds. The highest BCUT2D eigenvalue weighted by Crippen LogP contribution is 2.45. The molecule has 10 aromatic rings. The molecule has 54 heavy (non-hydrogen) atoms. The van der Waals surface area contributed by atoms with E-state index >= 15 is 0 Å². The molecule has 9 aromatic carbocycles. The Hall–Kier alpha value is -6.90. The summed E-state index contributed by atoms with van der Waals surface area (Å²) in [5, 5.41) is 7.65. The van der Waals surface area contributed by atoms with E-state index in [1.807, 2.05) is 0 Å². The Labute approximate surface area is 315 Å². The Morgan fingerprint density at radius 2 is 0.815 bits per heavy atom. The number of aryl methyl sites for hydroxylation is 1. The second kappa shape index (κ2) is 13.3. The summed E-state index contributed by atoms with van der Waals surface area (Å²) in [7, 11) is 0. The van der Waals surface area contributed by atoms with Crippen LogP contribution >= 0.6 is 0 Å². The molecule has 2 nitrogen and oxygen atoms in total. The maximum absolute atomic E-state index is 2.41. The van der Waals surface area contributed by atoms with Gasteiger partial charge in [-0.25, -0.2) is 0 Å². The molecule has 0 aliphatic heterocycles. The fourth-order valence-corrected chi connectivity index (χ4v) is 8.43. The molecule has 0 spiro atoms. The third-order valence-electron chi connectivity index (χ3n) is 10.9. The molecule has 0 saturated carbocycles. The van der Waals surface area contributed by atoms with Crippen molar-refractivity contribution in [3.63, 3.8) is 0 Å². The monoisotopic (exact) mass is 690 g/mol. The van der Waals surface area contributed by atoms with Gasteiger partial charge < -0.3 is 9.47 Å². The highest BCUT2D eigenvalue weighted by Gasteiger charge is 2.19. The summed E-state index contributed by atoms with van der Waals surface area (Å²) in [6.07, 6.45) is 0.990. The van der Waals surface area contributed by atoms with Gasteiger partial charge in [0.2, 0.25) is 0 Å². The summed E-state index contributed by atoms with van der Waals surface area (Å²) in [6.45, 7) is 2.24. The number of benzene rings is 9. The van der Waals surface area contributed by atoms with E-state index in [1.165, 1.54) is 71.2 Å². The Kier molecular flexibility index (Phi) is 7.81. The van der Waals surface area contributed by atoms with Gasteiger partial charge in [-0.2, -0.15) is 0 Å². The predicted molar refractivity (Wildman–Crippen MR) is 231 cm³/mol. The van der Waals surface area contributed by atoms with Crippen LogP contribution in [0.4, 0.5) is 17.1 Å². The molecule has 0 atom stereocenters. The molecule has 1 aromatic heterocycles. The van der Waals surface area contributed by atoms with Crippen LogP contribution in [0.5, 0.6) is 0 Å². The summed E-state index contributed by atoms with van der Waals surface area (Å²) in [4.78, 5) is 2.35. The number of anilines is 3. The van der Waals surface area contributed by atoms with E-state index in [9.17, 15) is 0 Å². The third-order valence-corrected chi connectivity index (χ3v) is 10.9. The lowest BCUT2D eigenvalue weighted by Crippen LogP contribution is -2.10. The molecule has 0 saturated heterocycles. The van der Waals surface area contributed by atoms with Crippen molar-refractivity contribution >= 4 is 60.4 Å². The molecule has 0 radical (unpaired) electrons. The first-order valence-corrected chi connectivity index (χ1v) is 18.8. The summed E-state index contributed by atoms with van der Waals surface area (Å²) in [6, 6.07) is 73.0. The van der Waals surface area contributed by atoms with Crippen LogP contribution in [0.15, 0.2) is 200 Å². The van der Waals surface area contributed by atoms with Gasteiger partial charge in [0.25, 0.3) is 0 Å². The van der Waals surface area contributed by atoms with Crippen molar-refractivity contribution in [2.75, 3.05) is 4.90 Å². The number of fused-ring (bicyclic) bond motifs is 5. The van der Waals surface area contributed by atoms with Gasteiger partial charge in [-0.3, -0.25) is 0 Å². The van der Waals surface area contributed by atoms with Gasteiger partial charge in [0.05, 0.1) is 11.0 Å². The second-order valence-electron chi connectivity index (χ2n) is 14.0. The molecular formula is C52H38N2. The smallest absolute Gasteiger partial charge is 0.0541 e. The van der Waals surface area contributed by atoms with Crippen LogP contribution in [0, 0.1) is 0 Å². The van der Waals surface area contributed by atoms with Crippen molar-refractivity contribution in [3.8, 4) is 27.9 Å². The van der Waals surface area contributed by atoms with E-state index in [0.717, 1.165) is 29.2 Å². The molecule has 0 aliphatic rings. The van der Waals surface area contributed by atoms with Crippen molar-refractivity contribution < 1.29 is 0 Å². The number of hydrogen-bond donors (Lipinski definition) is 0. The van der Waals surface area contributed by atoms with Crippen LogP contribution < -0.4 is 4.90 Å². The first-order valence-electron chi connectivity index (χ1n) is 18.8. The van der Waals surface area contributed by atoms with Gasteiger partial charge in [-0.1, -0.05) is 146 Å². The molecule has 0 bridgehead atoms. The Balaban J connectivity index is 1.11. The zero-order valence-corrected chi connectivity index (χ0v) is 30.2. The van der Waals surface area contributed by atoms with E-state index in [-0.39, 0.29) is 0 Å². The predicted octanol–water partition coefficient (Wildman–Crippen LogP) is 14.5. The van der Waals surface area contributed by atoms with Crippen molar-refractivity contribution in [1.82, 2.24) is 4.57 Å². The Morgan fingerprint density at radius 1 is 0.370 bits per heavy atom. The standard InChI is InChI=1S/C52H38N2/c1-2-36-25-34-47-48(35-36)52(46-22-10-9-21-45(46)51(47)37-15-5-3-6-16-37)38-26-28-40(29-27-38)53(39-17-7-4-8-18-39)41-30-32-42(33-31-41)54-49-23-13-11-19-43(49)44-20-12-14-24-50(44)54/h3-35H,2H2,1H3. The molecule has 2 heteroatoms. The van der Waals surface area contributed by atoms with E-state index < -0.39 is 0 Å². The first kappa shape index (κ1) is 31.8. The van der Waals surface area contributed by atoms with Gasteiger partial charge in [-0.05, 0) is 116 Å². The van der Waals surface area contributed by atoms with Crippen LogP contribution in [0.3, 0.4) is 0 Å². The molecule has 0 aliphatic carbocycles. The van der Waals surface area contributed by atoms with Crippen LogP contribution in [0.2, 0.25) is 0 Å². The quantitative estimate of drug-likeness (QED) is 0.151. The lowest BCUT2D eigenvalue weighted by Gasteiger charge is -2.26. The Morgan fingerprint density at radius 3 is 1.41 bits per heavy atom. The molecule has 0 unspecified atom stereocenters. The van der Waals surface area contributed by atoms with E-state index in [2.05, 4.69) is 217 Å². The van der Waals surface area contributed by atoms with E-state index in [1.54, 1.807) is 0 Å². The topological polar surface area (TPSA) is 8.17 Å². The average Bonchev–Trinajstić information content (AvgIpc) is 3.58. The zero-order valence-electron chi connectivity index (χ0n) is 30.2. The van der Waals surface area contributed by atoms with Crippen molar-refractivity contribution in [2.24, 2.45) is 0 Å². The Bertz CT molecular complexity index is 2890. The number of aromatic nitrogens is 1. The fourth-order valence-electron chi connectivity index (χ4n) is 8.43. The SMILES string of the molecule is CCc1ccc2c(-c3ccccc3)c3ccccc3c(-c3ccc(N(c4ccccc4)c4ccc(-n5c6ccccc6c6ccccc65)cc4)cc3)c2c1. The van der Waals surface area contributed by atoms with Gasteiger partial charge in [0, 0.05) is 33.5 Å². The zero-order chi connectivity index (χ0) is 36.0. The molecule has 256 valence electrons. The minimum Gasteiger partial charge on any atom is -0.311 e. The molecule has 10 rings (SSSR count). The summed E-state index contributed by atoms with van der Waals surface area (Å²) in [5.41, 5.74) is 13.3. The maximum atomic E-state index is 2.41. The summed E-state index contributed by atoms with van der Waals surface area (Å²) in [5.74, 6) is 0. The molecular weight excluding hydrogens is 653 g/mol. The second-order valence-corrected chi connectivity index (χ2v) is 14.0. The normalized spacial score (nSPS) is 11.5. The highest BCUT2D eigenvalue weighted by atomic mass is 15.1. The van der Waals surface area contributed by atoms with E-state index in [0.29, 0.717) is 0 Å². The van der Waals surface area contributed by atoms with E-state index in [4.69, 9.17) is 0 Å². The van der Waals surface area contributed by atoms with Crippen molar-refractivity contribution in [2.45, 2.75) is 13.3 Å². The molecule has 0 fully saturated rings. The largest absolute Gasteiger partial charge is 0.311 e. The third kappa shape index (κ3) is 5.26. The lowest BCUT2D eigenvalue weighted by atomic mass is 9.85. The number of para-hydroxylation sites is 3. The molecule has 1 heterocycles. The average molecular weight is 691 g/mol. The van der Waals surface area contributed by atoms with Crippen LogP contribution in [-0.4, -0.2) is 4.57 Å². The van der Waals surface area contributed by atoms with Crippen LogP contribution in [0.1, 0.15) is 12.5 Å². The first-order chi connectivity index (χ1) is 26.8. The minimum atomic E-state index is 0.990. The fraction of sp³-hybridized carbons (Fsp3) is 0.0385. The van der Waals surface area contributed by atoms with Gasteiger partial charge >= 0.3 is 0 Å².